The molecule has 0 amide bonds. The van der Waals surface area contributed by atoms with Crippen LogP contribution in [0.2, 0.25) is 0 Å². The van der Waals surface area contributed by atoms with E-state index < -0.39 is 0 Å². The van der Waals surface area contributed by atoms with Gasteiger partial charge in [-0.25, -0.2) is 0 Å². The van der Waals surface area contributed by atoms with Gasteiger partial charge in [-0.2, -0.15) is 11.8 Å². The minimum absolute atomic E-state index is 0.00504. The molecule has 1 aromatic rings. The summed E-state index contributed by atoms with van der Waals surface area (Å²) in [4.78, 5) is 2.63. The number of likely N-dealkylation sites (tertiary alicyclic amines) is 1. The lowest BCUT2D eigenvalue weighted by atomic mass is 9.92. The second kappa shape index (κ2) is 4.24. The molecule has 4 rings (SSSR count). The van der Waals surface area contributed by atoms with Gasteiger partial charge in [0.05, 0.1) is 6.61 Å². The highest BCUT2D eigenvalue weighted by molar-refractivity contribution is 8.00. The summed E-state index contributed by atoms with van der Waals surface area (Å²) in [6, 6.07) is 8.77. The van der Waals surface area contributed by atoms with Gasteiger partial charge < -0.3 is 4.74 Å². The molecule has 0 radical (unpaired) electrons. The Hall–Kier alpha value is -0.510. The van der Waals surface area contributed by atoms with Gasteiger partial charge in [-0.1, -0.05) is 24.3 Å². The van der Waals surface area contributed by atoms with E-state index in [4.69, 9.17) is 4.74 Å². The average Bonchev–Trinajstić information content (AvgIpc) is 2.97. The Kier molecular flexibility index (Phi) is 2.73. The summed E-state index contributed by atoms with van der Waals surface area (Å²) in [7, 11) is 0. The lowest BCUT2D eigenvalue weighted by Crippen LogP contribution is -2.34. The van der Waals surface area contributed by atoms with Gasteiger partial charge in [-0.3, -0.25) is 4.90 Å². The van der Waals surface area contributed by atoms with Crippen molar-refractivity contribution in [2.24, 2.45) is 0 Å². The topological polar surface area (TPSA) is 12.5 Å². The molecule has 1 aromatic carbocycles. The number of thioether (sulfide) groups is 1. The fraction of sp³-hybridized carbons (Fsp3) is 0.625. The zero-order valence-corrected chi connectivity index (χ0v) is 12.3. The van der Waals surface area contributed by atoms with Crippen LogP contribution in [0.15, 0.2) is 24.3 Å². The van der Waals surface area contributed by atoms with Crippen LogP contribution in [0, 0.1) is 0 Å². The molecule has 0 aromatic heterocycles. The van der Waals surface area contributed by atoms with Crippen molar-refractivity contribution in [2.75, 3.05) is 25.9 Å². The summed E-state index contributed by atoms with van der Waals surface area (Å²) in [5, 5.41) is 0. The van der Waals surface area contributed by atoms with E-state index in [0.717, 1.165) is 19.6 Å². The fourth-order valence-electron chi connectivity index (χ4n) is 3.69. The zero-order chi connectivity index (χ0) is 12.9. The number of hydrogen-bond donors (Lipinski definition) is 0. The van der Waals surface area contributed by atoms with Crippen LogP contribution in [-0.4, -0.2) is 35.5 Å². The molecular weight excluding hydrogens is 254 g/mol. The Morgan fingerprint density at radius 2 is 2.11 bits per heavy atom. The predicted molar refractivity (Wildman–Crippen MR) is 79.4 cm³/mol. The minimum Gasteiger partial charge on any atom is -0.364 e. The zero-order valence-electron chi connectivity index (χ0n) is 11.5. The molecule has 2 aliphatic heterocycles. The molecule has 2 nitrogen and oxygen atoms in total. The molecule has 19 heavy (non-hydrogen) atoms. The number of fused-ring (bicyclic) bond motifs is 2. The molecule has 1 spiro atoms. The number of ether oxygens (including phenoxy) is 1. The third-order valence-electron chi connectivity index (χ3n) is 5.08. The van der Waals surface area contributed by atoms with Gasteiger partial charge in [-0.15, -0.1) is 0 Å². The largest absolute Gasteiger partial charge is 0.364 e. The quantitative estimate of drug-likeness (QED) is 0.841. The molecular formula is C16H21NOS. The van der Waals surface area contributed by atoms with Crippen molar-refractivity contribution in [3.8, 4) is 0 Å². The molecule has 3 aliphatic rings. The fourth-order valence-corrected chi connectivity index (χ4v) is 4.51. The van der Waals surface area contributed by atoms with E-state index in [9.17, 15) is 0 Å². The molecule has 1 atom stereocenters. The first-order chi connectivity index (χ1) is 9.25. The van der Waals surface area contributed by atoms with Crippen LogP contribution in [0.3, 0.4) is 0 Å². The molecule has 1 saturated carbocycles. The van der Waals surface area contributed by atoms with Crippen LogP contribution in [0.1, 0.15) is 30.4 Å². The van der Waals surface area contributed by atoms with Gasteiger partial charge >= 0.3 is 0 Å². The first-order valence-corrected chi connectivity index (χ1v) is 8.48. The van der Waals surface area contributed by atoms with Crippen LogP contribution in [0.5, 0.6) is 0 Å². The molecule has 1 aliphatic carbocycles. The van der Waals surface area contributed by atoms with Crippen LogP contribution in [0.25, 0.3) is 0 Å². The SMILES string of the molecule is CSC1(CN2CCC3(C2)OCc2ccccc23)CC1. The van der Waals surface area contributed by atoms with Gasteiger partial charge in [0.15, 0.2) is 0 Å². The van der Waals surface area contributed by atoms with Crippen molar-refractivity contribution < 1.29 is 4.74 Å². The van der Waals surface area contributed by atoms with Gasteiger partial charge in [0.2, 0.25) is 0 Å². The molecule has 2 fully saturated rings. The highest BCUT2D eigenvalue weighted by atomic mass is 32.2. The van der Waals surface area contributed by atoms with E-state index >= 15 is 0 Å². The second-order valence-electron chi connectivity index (χ2n) is 6.29. The van der Waals surface area contributed by atoms with E-state index in [1.165, 1.54) is 37.1 Å². The van der Waals surface area contributed by atoms with Crippen molar-refractivity contribution >= 4 is 11.8 Å². The summed E-state index contributed by atoms with van der Waals surface area (Å²) >= 11 is 2.06. The third kappa shape index (κ3) is 1.94. The number of nitrogens with zero attached hydrogens (tertiary/aromatic N) is 1. The molecule has 2 heterocycles. The predicted octanol–water partition coefficient (Wildman–Crippen LogP) is 3.01. The first kappa shape index (κ1) is 12.2. The molecule has 1 unspecified atom stereocenters. The van der Waals surface area contributed by atoms with Crippen molar-refractivity contribution in [3.05, 3.63) is 35.4 Å². The van der Waals surface area contributed by atoms with E-state index in [1.807, 2.05) is 0 Å². The van der Waals surface area contributed by atoms with Crippen LogP contribution < -0.4 is 0 Å². The monoisotopic (exact) mass is 275 g/mol. The Balaban J connectivity index is 1.53. The van der Waals surface area contributed by atoms with Crippen molar-refractivity contribution in [3.63, 3.8) is 0 Å². The van der Waals surface area contributed by atoms with Gasteiger partial charge in [0, 0.05) is 24.4 Å². The normalized spacial score (nSPS) is 31.8. The summed E-state index contributed by atoms with van der Waals surface area (Å²) in [6.45, 7) is 4.34. The van der Waals surface area contributed by atoms with E-state index in [1.54, 1.807) is 0 Å². The molecule has 1 saturated heterocycles. The van der Waals surface area contributed by atoms with Gasteiger partial charge in [0.1, 0.15) is 5.60 Å². The first-order valence-electron chi connectivity index (χ1n) is 7.25. The second-order valence-corrected chi connectivity index (χ2v) is 7.56. The maximum absolute atomic E-state index is 6.22. The van der Waals surface area contributed by atoms with Crippen LogP contribution in [-0.2, 0) is 16.9 Å². The highest BCUT2D eigenvalue weighted by Gasteiger charge is 2.49. The summed E-state index contributed by atoms with van der Waals surface area (Å²) in [5.74, 6) is 0. The highest BCUT2D eigenvalue weighted by Crippen LogP contribution is 2.50. The standard InChI is InChI=1S/C16H21NOS/c1-19-15(6-7-15)11-17-9-8-16(12-17)14-5-3-2-4-13(14)10-18-16/h2-5H,6-12H2,1H3. The Morgan fingerprint density at radius 3 is 2.89 bits per heavy atom. The Bertz CT molecular complexity index is 499. The van der Waals surface area contributed by atoms with E-state index in [0.29, 0.717) is 4.75 Å². The minimum atomic E-state index is 0.00504. The van der Waals surface area contributed by atoms with Gasteiger partial charge in [-0.05, 0) is 36.6 Å². The summed E-state index contributed by atoms with van der Waals surface area (Å²) in [6.07, 6.45) is 6.22. The Morgan fingerprint density at radius 1 is 1.26 bits per heavy atom. The van der Waals surface area contributed by atoms with E-state index in [-0.39, 0.29) is 5.60 Å². The molecule has 3 heteroatoms. The van der Waals surface area contributed by atoms with Crippen molar-refractivity contribution in [1.29, 1.82) is 0 Å². The molecule has 102 valence electrons. The van der Waals surface area contributed by atoms with Crippen molar-refractivity contribution in [1.82, 2.24) is 4.90 Å². The molecule has 0 bridgehead atoms. The average molecular weight is 275 g/mol. The summed E-state index contributed by atoms with van der Waals surface area (Å²) in [5.41, 5.74) is 2.85. The lowest BCUT2D eigenvalue weighted by molar-refractivity contribution is -0.0294. The number of hydrogen-bond acceptors (Lipinski definition) is 3. The maximum Gasteiger partial charge on any atom is 0.108 e. The van der Waals surface area contributed by atoms with E-state index in [2.05, 4.69) is 47.2 Å². The third-order valence-corrected chi connectivity index (χ3v) is 6.48. The maximum atomic E-state index is 6.22. The van der Waals surface area contributed by atoms with Crippen molar-refractivity contribution in [2.45, 2.75) is 36.2 Å². The summed E-state index contributed by atoms with van der Waals surface area (Å²) < 4.78 is 6.80. The smallest absolute Gasteiger partial charge is 0.108 e. The number of rotatable bonds is 3. The van der Waals surface area contributed by atoms with Crippen LogP contribution in [0.4, 0.5) is 0 Å². The lowest BCUT2D eigenvalue weighted by Gasteiger charge is -2.26. The van der Waals surface area contributed by atoms with Gasteiger partial charge in [0.25, 0.3) is 0 Å². The number of benzene rings is 1. The Labute approximate surface area is 119 Å². The molecule has 0 N–H and O–H groups in total. The van der Waals surface area contributed by atoms with Crippen LogP contribution >= 0.6 is 11.8 Å².